The number of rotatable bonds is 21. The number of hydrogen-bond acceptors (Lipinski definition) is 33. The van der Waals surface area contributed by atoms with E-state index in [0.29, 0.717) is 0 Å². The van der Waals surface area contributed by atoms with Crippen molar-refractivity contribution >= 4 is 21.6 Å². The van der Waals surface area contributed by atoms with Gasteiger partial charge in [-0.15, -0.1) is 0 Å². The van der Waals surface area contributed by atoms with Gasteiger partial charge < -0.3 is 164 Å². The molecule has 6 aliphatic rings. The number of amides is 1. The molecule has 0 aromatic carbocycles. The number of hydrogen-bond donors (Lipinski definition) is 22. The van der Waals surface area contributed by atoms with E-state index in [1.807, 2.05) is 0 Å². The molecule has 6 aliphatic heterocycles. The van der Waals surface area contributed by atoms with E-state index in [-0.39, 0.29) is 0 Å². The van der Waals surface area contributed by atoms with E-state index in [1.165, 1.54) is 0 Å². The third-order valence-corrected chi connectivity index (χ3v) is 14.4. The highest BCUT2D eigenvalue weighted by molar-refractivity contribution is 7.46. The van der Waals surface area contributed by atoms with Crippen molar-refractivity contribution in [3.8, 4) is 0 Å². The predicted molar refractivity (Wildman–Crippen MR) is 235 cm³/mol. The maximum Gasteiger partial charge on any atom is 0.470 e. The zero-order valence-electron chi connectivity index (χ0n) is 40.5. The summed E-state index contributed by atoms with van der Waals surface area (Å²) >= 11 is 0. The van der Waals surface area contributed by atoms with Crippen molar-refractivity contribution in [3.05, 3.63) is 0 Å². The molecule has 0 bridgehead atoms. The molecule has 40 heteroatoms. The molecular formula is C38H68N2O36P2. The molecule has 6 fully saturated rings. The molecule has 0 radical (unpaired) electrons. The first-order valence-electron chi connectivity index (χ1n) is 23.7. The molecule has 1 unspecified atom stereocenters. The molecule has 0 aliphatic carbocycles. The Labute approximate surface area is 439 Å². The molecule has 6 heterocycles. The fraction of sp³-hybridized carbons (Fsp3) is 0.974. The van der Waals surface area contributed by atoms with Crippen LogP contribution in [0, 0.1) is 0 Å². The lowest BCUT2D eigenvalue weighted by atomic mass is 9.94. The minimum absolute atomic E-state index is 0.887. The lowest BCUT2D eigenvalue weighted by Crippen LogP contribution is -2.69. The maximum atomic E-state index is 12.5. The van der Waals surface area contributed by atoms with Gasteiger partial charge in [-0.2, -0.15) is 0 Å². The number of ether oxygens (including phenoxy) is 11. The van der Waals surface area contributed by atoms with Crippen molar-refractivity contribution < 1.29 is 176 Å². The van der Waals surface area contributed by atoms with Gasteiger partial charge in [0.05, 0.1) is 45.7 Å². The van der Waals surface area contributed by atoms with Crippen LogP contribution >= 0.6 is 15.6 Å². The van der Waals surface area contributed by atoms with Gasteiger partial charge in [0.1, 0.15) is 140 Å². The fourth-order valence-electron chi connectivity index (χ4n) is 9.23. The standard InChI is InChI=1S/C38H68N2O36P2/c1-8(45)40-16-22(51)17(46)9(2-41)67-34(16)72-29-14(71-38(32(27(29)56)76-78(61,62)63)73-28-12(5-44)66-33(57)15(39)21(28)50)6-64-36-30(24(53)19(48)11(4-43)69-36)75-37-31(25(54)20(49)13(70-37)7-65-77(58,59)60)74-35-26(55)23(52)18(47)10(3-42)68-35/h9-38,41-44,46-57H,2-7,39H2,1H3,(H,40,45)(H2,58,59,60)(H2,61,62,63)/t9-,10-,11-,12-,13-,14-,15-,16-,17+,18-,19-,20-,21-,22-,23+,24+,25+,26-,27+,28-,29-,30+,31+,32+,33?,34+,35-,36+,37-,38-/m1/s1. The van der Waals surface area contributed by atoms with Crippen LogP contribution in [0.1, 0.15) is 6.92 Å². The van der Waals surface area contributed by atoms with Gasteiger partial charge in [-0.1, -0.05) is 0 Å². The van der Waals surface area contributed by atoms with Crippen LogP contribution in [0.4, 0.5) is 0 Å². The van der Waals surface area contributed by atoms with E-state index in [9.17, 15) is 115 Å². The van der Waals surface area contributed by atoms with Gasteiger partial charge in [0, 0.05) is 6.92 Å². The Kier molecular flexibility index (Phi) is 23.2. The van der Waals surface area contributed by atoms with Crippen molar-refractivity contribution in [2.24, 2.45) is 5.73 Å². The van der Waals surface area contributed by atoms with Crippen molar-refractivity contribution in [1.82, 2.24) is 5.32 Å². The first-order chi connectivity index (χ1) is 36.4. The zero-order chi connectivity index (χ0) is 58.0. The number of nitrogens with one attached hydrogen (secondary N) is 1. The number of aliphatic hydroxyl groups excluding tert-OH is 16. The van der Waals surface area contributed by atoms with E-state index in [0.717, 1.165) is 6.92 Å². The Morgan fingerprint density at radius 1 is 0.449 bits per heavy atom. The molecule has 6 saturated heterocycles. The first kappa shape index (κ1) is 65.7. The highest BCUT2D eigenvalue weighted by atomic mass is 31.2. The highest BCUT2D eigenvalue weighted by Crippen LogP contribution is 2.44. The molecule has 1 amide bonds. The molecule has 78 heavy (non-hydrogen) atoms. The SMILES string of the molecule is CC(=O)N[C@H]1[C@H](O[C@H]2[C@H](O)[C@H](OP(=O)(O)O)[C@@H](O[C@H]3[C@H](O)[C@@H](N)C(O)O[C@@H]3CO)O[C@@H]2CO[C@H]2O[C@H](CO)[C@@H](O)[C@H](O)[C@@H]2O[C@H]2O[C@H](COP(=O)(O)O)[C@@H](O)[C@H](O)[C@@H]2O[C@H]2O[C@H](CO)[C@@H](O)[C@H](O)[C@H]2O)O[C@H](CO)[C@H](O)[C@@H]1O. The molecule has 0 aromatic rings. The Bertz CT molecular complexity index is 2000. The normalized spacial score (nSPS) is 47.9. The van der Waals surface area contributed by atoms with Gasteiger partial charge in [-0.05, 0) is 0 Å². The Balaban J connectivity index is 1.39. The van der Waals surface area contributed by atoms with Crippen LogP contribution in [0.25, 0.3) is 0 Å². The first-order valence-corrected chi connectivity index (χ1v) is 26.7. The summed E-state index contributed by atoms with van der Waals surface area (Å²) in [6, 6.07) is -3.51. The van der Waals surface area contributed by atoms with E-state index in [1.54, 1.807) is 0 Å². The molecule has 23 N–H and O–H groups in total. The third kappa shape index (κ3) is 15.3. The lowest BCUT2D eigenvalue weighted by molar-refractivity contribution is -0.397. The van der Waals surface area contributed by atoms with Crippen LogP contribution in [0.2, 0.25) is 0 Å². The molecule has 0 spiro atoms. The summed E-state index contributed by atoms with van der Waals surface area (Å²) < 4.78 is 96.5. The van der Waals surface area contributed by atoms with E-state index in [4.69, 9.17) is 62.4 Å². The molecule has 6 rings (SSSR count). The monoisotopic (exact) mass is 1190 g/mol. The number of nitrogens with two attached hydrogens (primary N) is 1. The van der Waals surface area contributed by atoms with Gasteiger partial charge in [-0.3, -0.25) is 13.8 Å². The summed E-state index contributed by atoms with van der Waals surface area (Å²) in [5.41, 5.74) is 5.85. The number of carbonyl (C=O) groups is 1. The predicted octanol–water partition coefficient (Wildman–Crippen LogP) is -13.8. The van der Waals surface area contributed by atoms with E-state index < -0.39 is 245 Å². The molecule has 38 nitrogen and oxygen atoms in total. The van der Waals surface area contributed by atoms with Crippen LogP contribution in [-0.4, -0.2) is 331 Å². The lowest BCUT2D eigenvalue weighted by Gasteiger charge is -2.50. The number of carbonyl (C=O) groups excluding carboxylic acids is 1. The summed E-state index contributed by atoms with van der Waals surface area (Å²) in [6.07, 6.45) is -59.2. The summed E-state index contributed by atoms with van der Waals surface area (Å²) in [5.74, 6) is -0.887. The molecule has 30 atom stereocenters. The van der Waals surface area contributed by atoms with Crippen LogP contribution < -0.4 is 11.1 Å². The molecule has 0 aromatic heterocycles. The Hall–Kier alpha value is -1.43. The summed E-state index contributed by atoms with van der Waals surface area (Å²) in [4.78, 5) is 51.2. The molecule has 0 saturated carbocycles. The van der Waals surface area contributed by atoms with E-state index in [2.05, 4.69) is 9.84 Å². The van der Waals surface area contributed by atoms with Crippen LogP contribution in [0.3, 0.4) is 0 Å². The second-order valence-electron chi connectivity index (χ2n) is 18.8. The maximum absolute atomic E-state index is 12.5. The molecule has 456 valence electrons. The van der Waals surface area contributed by atoms with Crippen LogP contribution in [0.15, 0.2) is 0 Å². The fourth-order valence-corrected chi connectivity index (χ4v) is 10.1. The summed E-state index contributed by atoms with van der Waals surface area (Å²) in [5, 5.41) is 174. The van der Waals surface area contributed by atoms with Gasteiger partial charge in [0.25, 0.3) is 0 Å². The minimum atomic E-state index is -5.80. The Morgan fingerprint density at radius 2 is 0.885 bits per heavy atom. The molecular weight excluding hydrogens is 1120 g/mol. The number of aliphatic hydroxyl groups is 16. The van der Waals surface area contributed by atoms with Crippen molar-refractivity contribution in [2.75, 3.05) is 39.6 Å². The van der Waals surface area contributed by atoms with Gasteiger partial charge in [0.2, 0.25) is 5.91 Å². The Morgan fingerprint density at radius 3 is 1.44 bits per heavy atom. The number of phosphoric acid groups is 2. The van der Waals surface area contributed by atoms with Crippen LogP contribution in [-0.2, 0) is 75.1 Å². The average Bonchev–Trinajstić information content (AvgIpc) is 3.38. The van der Waals surface area contributed by atoms with Crippen molar-refractivity contribution in [3.63, 3.8) is 0 Å². The van der Waals surface area contributed by atoms with Crippen molar-refractivity contribution in [2.45, 2.75) is 191 Å². The van der Waals surface area contributed by atoms with Gasteiger partial charge in [0.15, 0.2) is 37.7 Å². The highest BCUT2D eigenvalue weighted by Gasteiger charge is 2.58. The van der Waals surface area contributed by atoms with Crippen molar-refractivity contribution in [1.29, 1.82) is 0 Å². The average molecular weight is 1190 g/mol. The summed E-state index contributed by atoms with van der Waals surface area (Å²) in [7, 11) is -11.2. The second-order valence-corrected chi connectivity index (χ2v) is 21.2. The zero-order valence-corrected chi connectivity index (χ0v) is 42.3. The number of phosphoric ester groups is 2. The minimum Gasteiger partial charge on any atom is -0.394 e. The van der Waals surface area contributed by atoms with Gasteiger partial charge in [-0.25, -0.2) is 9.13 Å². The summed E-state index contributed by atoms with van der Waals surface area (Å²) in [6.45, 7) is -5.64. The third-order valence-electron chi connectivity index (χ3n) is 13.4. The van der Waals surface area contributed by atoms with E-state index >= 15 is 0 Å². The van der Waals surface area contributed by atoms with Gasteiger partial charge >= 0.3 is 15.6 Å². The second kappa shape index (κ2) is 27.5. The topological polar surface area (TPSA) is 614 Å². The quantitative estimate of drug-likeness (QED) is 0.0475. The smallest absolute Gasteiger partial charge is 0.394 e. The van der Waals surface area contributed by atoms with Crippen LogP contribution in [0.5, 0.6) is 0 Å². The largest absolute Gasteiger partial charge is 0.470 e.